The van der Waals surface area contributed by atoms with Crippen molar-refractivity contribution < 1.29 is 4.92 Å². The lowest BCUT2D eigenvalue weighted by Crippen LogP contribution is -2.11. The van der Waals surface area contributed by atoms with E-state index in [1.807, 2.05) is 0 Å². The Morgan fingerprint density at radius 1 is 1.47 bits per heavy atom. The third kappa shape index (κ3) is 1.71. The van der Waals surface area contributed by atoms with Gasteiger partial charge in [-0.25, -0.2) is 0 Å². The smallest absolute Gasteiger partial charge is 0.270 e. The Morgan fingerprint density at radius 2 is 2.18 bits per heavy atom. The van der Waals surface area contributed by atoms with Gasteiger partial charge in [0.15, 0.2) is 0 Å². The molecule has 0 fully saturated rings. The van der Waals surface area contributed by atoms with Gasteiger partial charge in [-0.15, -0.1) is 0 Å². The van der Waals surface area contributed by atoms with E-state index >= 15 is 0 Å². The molecule has 5 heteroatoms. The van der Waals surface area contributed by atoms with Gasteiger partial charge in [0.1, 0.15) is 0 Å². The van der Waals surface area contributed by atoms with Crippen molar-refractivity contribution in [1.82, 2.24) is 4.98 Å². The average Bonchev–Trinajstić information content (AvgIpc) is 2.29. The number of pyridine rings is 1. The number of benzene rings is 1. The topological polar surface area (TPSA) is 76.0 Å². The van der Waals surface area contributed by atoms with Crippen LogP contribution in [0, 0.1) is 17.0 Å². The number of nitrogens with one attached hydrogen (secondary N) is 1. The van der Waals surface area contributed by atoms with Crippen molar-refractivity contribution in [1.29, 1.82) is 0 Å². The van der Waals surface area contributed by atoms with Crippen molar-refractivity contribution in [2.75, 3.05) is 0 Å². The summed E-state index contributed by atoms with van der Waals surface area (Å²) in [6, 6.07) is 4.35. The minimum absolute atomic E-state index is 0.00246. The van der Waals surface area contributed by atoms with Gasteiger partial charge in [0.2, 0.25) is 0 Å². The van der Waals surface area contributed by atoms with Crippen molar-refractivity contribution in [3.63, 3.8) is 0 Å². The minimum Gasteiger partial charge on any atom is -0.321 e. The molecule has 0 radical (unpaired) electrons. The fourth-order valence-electron chi connectivity index (χ4n) is 1.82. The molecule has 1 aromatic carbocycles. The molecule has 5 nitrogen and oxygen atoms in total. The molecule has 0 aliphatic carbocycles. The van der Waals surface area contributed by atoms with E-state index in [1.165, 1.54) is 24.3 Å². The lowest BCUT2D eigenvalue weighted by atomic mass is 10.0. The maximum absolute atomic E-state index is 11.6. The molecule has 0 amide bonds. The van der Waals surface area contributed by atoms with Gasteiger partial charge in [0.05, 0.1) is 4.92 Å². The largest absolute Gasteiger partial charge is 0.321 e. The second-order valence-corrected chi connectivity index (χ2v) is 3.68. The number of nitrogens with zero attached hydrogens (tertiary/aromatic N) is 1. The number of fused-ring (bicyclic) bond motifs is 1. The van der Waals surface area contributed by atoms with Crippen molar-refractivity contribution in [3.05, 3.63) is 56.4 Å². The molecule has 0 saturated heterocycles. The first-order chi connectivity index (χ1) is 8.04. The summed E-state index contributed by atoms with van der Waals surface area (Å²) in [5, 5.41) is 11.4. The van der Waals surface area contributed by atoms with E-state index in [-0.39, 0.29) is 11.2 Å². The van der Waals surface area contributed by atoms with Crippen LogP contribution in [0.5, 0.6) is 0 Å². The van der Waals surface area contributed by atoms with Gasteiger partial charge >= 0.3 is 0 Å². The van der Waals surface area contributed by atoms with Crippen LogP contribution in [0.25, 0.3) is 17.0 Å². The Hall–Kier alpha value is -2.43. The molecule has 0 aliphatic rings. The Bertz CT molecular complexity index is 686. The number of aromatic nitrogens is 1. The first-order valence-electron chi connectivity index (χ1n) is 4.98. The van der Waals surface area contributed by atoms with Gasteiger partial charge in [0, 0.05) is 28.6 Å². The summed E-state index contributed by atoms with van der Waals surface area (Å²) in [4.78, 5) is 24.5. The number of H-pyrrole nitrogens is 1. The van der Waals surface area contributed by atoms with Crippen molar-refractivity contribution in [2.45, 2.75) is 6.92 Å². The Morgan fingerprint density at radius 3 is 2.76 bits per heavy atom. The summed E-state index contributed by atoms with van der Waals surface area (Å²) in [7, 11) is 0. The fourth-order valence-corrected chi connectivity index (χ4v) is 1.82. The number of nitro benzene ring substituents is 1. The quantitative estimate of drug-likeness (QED) is 0.635. The SMILES string of the molecule is C=Cc1c(C)c2cc([N+](=O)[O-])ccc2[nH]c1=O. The number of hydrogen-bond donors (Lipinski definition) is 1. The van der Waals surface area contributed by atoms with E-state index < -0.39 is 4.92 Å². The monoisotopic (exact) mass is 230 g/mol. The van der Waals surface area contributed by atoms with Gasteiger partial charge < -0.3 is 4.98 Å². The van der Waals surface area contributed by atoms with E-state index in [4.69, 9.17) is 0 Å². The summed E-state index contributed by atoms with van der Waals surface area (Å²) >= 11 is 0. The number of non-ortho nitro benzene ring substituents is 1. The molecule has 2 rings (SSSR count). The zero-order chi connectivity index (χ0) is 12.6. The Balaban J connectivity index is 2.89. The zero-order valence-electron chi connectivity index (χ0n) is 9.19. The summed E-state index contributed by atoms with van der Waals surface area (Å²) in [6.07, 6.45) is 1.45. The molecule has 2 aromatic rings. The van der Waals surface area contributed by atoms with Crippen LogP contribution in [-0.4, -0.2) is 9.91 Å². The van der Waals surface area contributed by atoms with Crippen LogP contribution < -0.4 is 5.56 Å². The maximum atomic E-state index is 11.6. The second kappa shape index (κ2) is 3.86. The highest BCUT2D eigenvalue weighted by Crippen LogP contribution is 2.23. The van der Waals surface area contributed by atoms with Crippen molar-refractivity contribution in [2.24, 2.45) is 0 Å². The number of rotatable bonds is 2. The predicted octanol–water partition coefficient (Wildman–Crippen LogP) is 2.39. The Labute approximate surface area is 96.6 Å². The predicted molar refractivity (Wildman–Crippen MR) is 66.1 cm³/mol. The molecule has 17 heavy (non-hydrogen) atoms. The third-order valence-corrected chi connectivity index (χ3v) is 2.72. The average molecular weight is 230 g/mol. The normalized spacial score (nSPS) is 10.4. The minimum atomic E-state index is -0.461. The van der Waals surface area contributed by atoms with Crippen molar-refractivity contribution >= 4 is 22.7 Å². The highest BCUT2D eigenvalue weighted by molar-refractivity contribution is 5.86. The number of aromatic amines is 1. The molecule has 0 spiro atoms. The molecule has 0 aliphatic heterocycles. The molecular weight excluding hydrogens is 220 g/mol. The van der Waals surface area contributed by atoms with Crippen LogP contribution in [0.15, 0.2) is 29.6 Å². The van der Waals surface area contributed by atoms with E-state index in [1.54, 1.807) is 6.92 Å². The van der Waals surface area contributed by atoms with E-state index in [0.29, 0.717) is 22.0 Å². The number of hydrogen-bond acceptors (Lipinski definition) is 3. The summed E-state index contributed by atoms with van der Waals surface area (Å²) in [5.41, 5.74) is 1.49. The van der Waals surface area contributed by atoms with E-state index in [9.17, 15) is 14.9 Å². The lowest BCUT2D eigenvalue weighted by molar-refractivity contribution is -0.384. The maximum Gasteiger partial charge on any atom is 0.270 e. The van der Waals surface area contributed by atoms with Gasteiger partial charge in [-0.05, 0) is 18.6 Å². The summed E-state index contributed by atoms with van der Waals surface area (Å²) in [6.45, 7) is 5.31. The van der Waals surface area contributed by atoms with Crippen LogP contribution >= 0.6 is 0 Å². The van der Waals surface area contributed by atoms with Crippen molar-refractivity contribution in [3.8, 4) is 0 Å². The molecule has 1 N–H and O–H groups in total. The highest BCUT2D eigenvalue weighted by Gasteiger charge is 2.11. The second-order valence-electron chi connectivity index (χ2n) is 3.68. The summed E-state index contributed by atoms with van der Waals surface area (Å²) < 4.78 is 0. The fraction of sp³-hybridized carbons (Fsp3) is 0.0833. The first-order valence-corrected chi connectivity index (χ1v) is 4.98. The Kier molecular flexibility index (Phi) is 2.51. The number of aryl methyl sites for hydroxylation is 1. The van der Waals surface area contributed by atoms with Gasteiger partial charge in [0.25, 0.3) is 11.2 Å². The molecule has 0 atom stereocenters. The van der Waals surface area contributed by atoms with Gasteiger partial charge in [-0.1, -0.05) is 12.7 Å². The standard InChI is InChI=1S/C12H10N2O3/c1-3-9-7(2)10-6-8(14(16)17)4-5-11(10)13-12(9)15/h3-6H,1H2,2H3,(H,13,15). The van der Waals surface area contributed by atoms with Crippen LogP contribution in [0.4, 0.5) is 5.69 Å². The first kappa shape index (κ1) is 11.1. The summed E-state index contributed by atoms with van der Waals surface area (Å²) in [5.74, 6) is 0. The van der Waals surface area contributed by atoms with Crippen LogP contribution in [0.1, 0.15) is 11.1 Å². The van der Waals surface area contributed by atoms with E-state index in [2.05, 4.69) is 11.6 Å². The molecule has 0 unspecified atom stereocenters. The van der Waals surface area contributed by atoms with Gasteiger partial charge in [-0.2, -0.15) is 0 Å². The molecule has 1 aromatic heterocycles. The highest BCUT2D eigenvalue weighted by atomic mass is 16.6. The molecule has 0 bridgehead atoms. The zero-order valence-corrected chi connectivity index (χ0v) is 9.19. The molecular formula is C12H10N2O3. The molecule has 1 heterocycles. The molecule has 0 saturated carbocycles. The van der Waals surface area contributed by atoms with E-state index in [0.717, 1.165) is 0 Å². The lowest BCUT2D eigenvalue weighted by Gasteiger charge is -2.05. The van der Waals surface area contributed by atoms with Crippen LogP contribution in [0.3, 0.4) is 0 Å². The van der Waals surface area contributed by atoms with Crippen LogP contribution in [0.2, 0.25) is 0 Å². The third-order valence-electron chi connectivity index (χ3n) is 2.72. The molecule has 86 valence electrons. The number of nitro groups is 1. The van der Waals surface area contributed by atoms with Crippen LogP contribution in [-0.2, 0) is 0 Å². The van der Waals surface area contributed by atoms with Gasteiger partial charge in [-0.3, -0.25) is 14.9 Å².